The Balaban J connectivity index is 1.28. The highest BCUT2D eigenvalue weighted by Gasteiger charge is 2.29. The number of anilines is 1. The molecule has 5 nitrogen and oxygen atoms in total. The van der Waals surface area contributed by atoms with Crippen molar-refractivity contribution in [2.24, 2.45) is 5.92 Å². The topological polar surface area (TPSA) is 55.8 Å². The zero-order valence-corrected chi connectivity index (χ0v) is 14.9. The molecule has 4 rings (SSSR count). The van der Waals surface area contributed by atoms with Crippen molar-refractivity contribution in [1.82, 2.24) is 10.2 Å². The van der Waals surface area contributed by atoms with Crippen LogP contribution in [0.25, 0.3) is 0 Å². The number of hydrogen-bond donors (Lipinski definition) is 2. The van der Waals surface area contributed by atoms with Crippen LogP contribution >= 0.6 is 0 Å². The Morgan fingerprint density at radius 3 is 2.44 bits per heavy atom. The van der Waals surface area contributed by atoms with Crippen molar-refractivity contribution in [1.29, 1.82) is 0 Å². The molecule has 136 valence electrons. The molecule has 0 spiro atoms. The monoisotopic (exact) mass is 343 g/mol. The van der Waals surface area contributed by atoms with E-state index in [1.165, 1.54) is 19.4 Å². The predicted molar refractivity (Wildman–Crippen MR) is 98.9 cm³/mol. The van der Waals surface area contributed by atoms with Crippen LogP contribution in [0, 0.1) is 5.92 Å². The van der Waals surface area contributed by atoms with E-state index >= 15 is 0 Å². The number of likely N-dealkylation sites (tertiary alicyclic amines) is 1. The molecule has 5 heteroatoms. The normalized spacial score (nSPS) is 25.3. The number of nitrogens with one attached hydrogen (secondary N) is 1. The molecule has 2 N–H and O–H groups in total. The van der Waals surface area contributed by atoms with E-state index in [2.05, 4.69) is 15.1 Å². The molecule has 2 aliphatic heterocycles. The molecule has 3 fully saturated rings. The second-order valence-electron chi connectivity index (χ2n) is 7.93. The summed E-state index contributed by atoms with van der Waals surface area (Å²) in [5, 5.41) is 12.8. The van der Waals surface area contributed by atoms with E-state index in [-0.39, 0.29) is 18.1 Å². The molecule has 1 amide bonds. The van der Waals surface area contributed by atoms with Gasteiger partial charge < -0.3 is 20.2 Å². The smallest absolute Gasteiger partial charge is 0.251 e. The van der Waals surface area contributed by atoms with Crippen LogP contribution in [0.5, 0.6) is 0 Å². The van der Waals surface area contributed by atoms with Gasteiger partial charge in [-0.1, -0.05) is 0 Å². The molecule has 1 aliphatic carbocycles. The van der Waals surface area contributed by atoms with Crippen LogP contribution in [0.15, 0.2) is 24.3 Å². The minimum absolute atomic E-state index is 0.0406. The third kappa shape index (κ3) is 4.33. The maximum absolute atomic E-state index is 12.5. The molecule has 3 aliphatic rings. The zero-order chi connectivity index (χ0) is 17.2. The molecule has 2 heterocycles. The Hall–Kier alpha value is -1.59. The summed E-state index contributed by atoms with van der Waals surface area (Å²) in [7, 11) is 0. The molecule has 25 heavy (non-hydrogen) atoms. The lowest BCUT2D eigenvalue weighted by atomic mass is 10.1. The van der Waals surface area contributed by atoms with Gasteiger partial charge >= 0.3 is 0 Å². The van der Waals surface area contributed by atoms with Gasteiger partial charge in [0, 0.05) is 50.0 Å². The average molecular weight is 343 g/mol. The van der Waals surface area contributed by atoms with Gasteiger partial charge in [-0.15, -0.1) is 0 Å². The van der Waals surface area contributed by atoms with Gasteiger partial charge in [0.2, 0.25) is 0 Å². The van der Waals surface area contributed by atoms with Crippen molar-refractivity contribution in [3.63, 3.8) is 0 Å². The van der Waals surface area contributed by atoms with Crippen molar-refractivity contribution in [3.05, 3.63) is 29.8 Å². The van der Waals surface area contributed by atoms with Gasteiger partial charge in [-0.2, -0.15) is 0 Å². The molecule has 0 aromatic heterocycles. The molecule has 1 saturated carbocycles. The van der Waals surface area contributed by atoms with Crippen molar-refractivity contribution in [2.75, 3.05) is 37.6 Å². The van der Waals surface area contributed by atoms with Crippen molar-refractivity contribution in [3.8, 4) is 0 Å². The summed E-state index contributed by atoms with van der Waals surface area (Å²) in [5.74, 6) is 0.955. The summed E-state index contributed by atoms with van der Waals surface area (Å²) in [6.45, 7) is 5.08. The quantitative estimate of drug-likeness (QED) is 0.857. The Kier molecular flexibility index (Phi) is 4.95. The predicted octanol–water partition coefficient (Wildman–Crippen LogP) is 1.86. The summed E-state index contributed by atoms with van der Waals surface area (Å²) in [5.41, 5.74) is 1.88. The highest BCUT2D eigenvalue weighted by atomic mass is 16.3. The second-order valence-corrected chi connectivity index (χ2v) is 7.93. The van der Waals surface area contributed by atoms with E-state index in [1.807, 2.05) is 24.3 Å². The van der Waals surface area contributed by atoms with Gasteiger partial charge in [-0.3, -0.25) is 4.79 Å². The number of carbonyl (C=O) groups is 1. The molecule has 1 atom stereocenters. The fourth-order valence-electron chi connectivity index (χ4n) is 4.00. The average Bonchev–Trinajstić information content (AvgIpc) is 3.33. The zero-order valence-electron chi connectivity index (χ0n) is 14.9. The van der Waals surface area contributed by atoms with E-state index in [0.717, 1.165) is 62.6 Å². The fraction of sp³-hybridized carbons (Fsp3) is 0.650. The van der Waals surface area contributed by atoms with Crippen LogP contribution in [0.1, 0.15) is 42.5 Å². The van der Waals surface area contributed by atoms with Crippen molar-refractivity contribution in [2.45, 2.75) is 44.2 Å². The number of hydrogen-bond acceptors (Lipinski definition) is 4. The molecule has 1 aromatic rings. The van der Waals surface area contributed by atoms with Gasteiger partial charge in [0.1, 0.15) is 0 Å². The maximum atomic E-state index is 12.5. The lowest BCUT2D eigenvalue weighted by Crippen LogP contribution is -2.37. The van der Waals surface area contributed by atoms with Gasteiger partial charge in [-0.05, 0) is 62.3 Å². The fourth-order valence-corrected chi connectivity index (χ4v) is 4.00. The van der Waals surface area contributed by atoms with Crippen LogP contribution in [0.4, 0.5) is 5.69 Å². The lowest BCUT2D eigenvalue weighted by molar-refractivity contribution is 0.0937. The number of benzene rings is 1. The standard InChI is InChI=1S/C20H29N3O2/c24-19-8-11-23(12-9-19)18-5-3-16(4-6-18)20(25)21-17-7-10-22(14-17)13-15-1-2-15/h3-6,15,17,19,24H,1-2,7-14H2,(H,21,25)/t17-/m0/s1. The first-order valence-electron chi connectivity index (χ1n) is 9.73. The number of aliphatic hydroxyl groups excluding tert-OH is 1. The first kappa shape index (κ1) is 16.9. The van der Waals surface area contributed by atoms with Crippen LogP contribution in [-0.4, -0.2) is 60.8 Å². The first-order valence-corrected chi connectivity index (χ1v) is 9.73. The molecule has 0 radical (unpaired) electrons. The molecule has 1 aromatic carbocycles. The van der Waals surface area contributed by atoms with Gasteiger partial charge in [0.25, 0.3) is 5.91 Å². The minimum atomic E-state index is -0.160. The number of piperidine rings is 1. The molecule has 0 bridgehead atoms. The molecular weight excluding hydrogens is 314 g/mol. The SMILES string of the molecule is O=C(N[C@H]1CCN(CC2CC2)C1)c1ccc(N2CCC(O)CC2)cc1. The maximum Gasteiger partial charge on any atom is 0.251 e. The number of amides is 1. The minimum Gasteiger partial charge on any atom is -0.393 e. The van der Waals surface area contributed by atoms with E-state index in [1.54, 1.807) is 0 Å². The third-order valence-electron chi connectivity index (χ3n) is 5.78. The first-order chi connectivity index (χ1) is 12.2. The Morgan fingerprint density at radius 2 is 1.76 bits per heavy atom. The number of rotatable bonds is 5. The van der Waals surface area contributed by atoms with Crippen molar-refractivity contribution < 1.29 is 9.90 Å². The van der Waals surface area contributed by atoms with E-state index in [0.29, 0.717) is 0 Å². The third-order valence-corrected chi connectivity index (χ3v) is 5.78. The summed E-state index contributed by atoms with van der Waals surface area (Å²) in [4.78, 5) is 17.3. The van der Waals surface area contributed by atoms with E-state index in [4.69, 9.17) is 0 Å². The lowest BCUT2D eigenvalue weighted by Gasteiger charge is -2.31. The van der Waals surface area contributed by atoms with Crippen LogP contribution in [0.3, 0.4) is 0 Å². The Labute approximate surface area is 150 Å². The van der Waals surface area contributed by atoms with Gasteiger partial charge in [0.05, 0.1) is 6.10 Å². The van der Waals surface area contributed by atoms with Crippen LogP contribution in [0.2, 0.25) is 0 Å². The summed E-state index contributed by atoms with van der Waals surface area (Å²) < 4.78 is 0. The Bertz CT molecular complexity index is 591. The second kappa shape index (κ2) is 7.34. The Morgan fingerprint density at radius 1 is 1.04 bits per heavy atom. The van der Waals surface area contributed by atoms with Crippen LogP contribution in [-0.2, 0) is 0 Å². The molecule has 2 saturated heterocycles. The van der Waals surface area contributed by atoms with Gasteiger partial charge in [0.15, 0.2) is 0 Å². The van der Waals surface area contributed by atoms with E-state index < -0.39 is 0 Å². The van der Waals surface area contributed by atoms with Crippen LogP contribution < -0.4 is 10.2 Å². The molecular formula is C20H29N3O2. The highest BCUT2D eigenvalue weighted by molar-refractivity contribution is 5.94. The molecule has 0 unspecified atom stereocenters. The van der Waals surface area contributed by atoms with Crippen molar-refractivity contribution >= 4 is 11.6 Å². The van der Waals surface area contributed by atoms with Gasteiger partial charge in [-0.25, -0.2) is 0 Å². The number of carbonyl (C=O) groups excluding carboxylic acids is 1. The summed E-state index contributed by atoms with van der Waals surface area (Å²) in [6, 6.07) is 8.19. The summed E-state index contributed by atoms with van der Waals surface area (Å²) >= 11 is 0. The largest absolute Gasteiger partial charge is 0.393 e. The number of aliphatic hydroxyl groups is 1. The van der Waals surface area contributed by atoms with E-state index in [9.17, 15) is 9.90 Å². The number of nitrogens with zero attached hydrogens (tertiary/aromatic N) is 2. The summed E-state index contributed by atoms with van der Waals surface area (Å²) in [6.07, 6.45) is 5.31. The highest BCUT2D eigenvalue weighted by Crippen LogP contribution is 2.30.